The molecule has 17 heavy (non-hydrogen) atoms. The summed E-state index contributed by atoms with van der Waals surface area (Å²) >= 11 is 0. The number of unbranched alkanes of at least 4 members (excludes halogenated alkanes) is 7. The van der Waals surface area contributed by atoms with Crippen LogP contribution in [0.25, 0.3) is 0 Å². The normalized spacial score (nSPS) is 20.9. The molecule has 99 valence electrons. The van der Waals surface area contributed by atoms with Gasteiger partial charge in [0.25, 0.3) is 0 Å². The molecule has 0 N–H and O–H groups in total. The van der Waals surface area contributed by atoms with E-state index in [-0.39, 0.29) is 6.04 Å². The third kappa shape index (κ3) is 6.21. The average Bonchev–Trinajstić information content (AvgIpc) is 2.80. The minimum Gasteiger partial charge on any atom is -0.293 e. The molecule has 0 aliphatic carbocycles. The smallest absolute Gasteiger partial charge is 0.217 e. The number of likely N-dealkylation sites (tertiary alicyclic amines) is 1. The summed E-state index contributed by atoms with van der Waals surface area (Å²) in [6.07, 6.45) is 15.3. The summed E-state index contributed by atoms with van der Waals surface area (Å²) in [6.45, 7) is 4.47. The van der Waals surface area contributed by atoms with Gasteiger partial charge in [0.1, 0.15) is 0 Å². The van der Waals surface area contributed by atoms with Gasteiger partial charge in [0.2, 0.25) is 6.29 Å². The van der Waals surface area contributed by atoms with Crippen molar-refractivity contribution in [2.24, 2.45) is 0 Å². The van der Waals surface area contributed by atoms with Gasteiger partial charge in [0, 0.05) is 0 Å². The Balaban J connectivity index is 1.88. The van der Waals surface area contributed by atoms with Crippen LogP contribution in [0.5, 0.6) is 0 Å². The molecule has 0 aromatic rings. The van der Waals surface area contributed by atoms with Crippen molar-refractivity contribution in [1.82, 2.24) is 4.90 Å². The zero-order chi connectivity index (χ0) is 12.3. The fourth-order valence-electron chi connectivity index (χ4n) is 2.68. The number of nitrogens with zero attached hydrogens (tertiary/aromatic N) is 1. The van der Waals surface area contributed by atoms with E-state index in [9.17, 15) is 4.79 Å². The zero-order valence-corrected chi connectivity index (χ0v) is 11.4. The van der Waals surface area contributed by atoms with Crippen LogP contribution in [0.2, 0.25) is 0 Å². The van der Waals surface area contributed by atoms with E-state index < -0.39 is 0 Å². The number of hydrogen-bond donors (Lipinski definition) is 0. The highest BCUT2D eigenvalue weighted by Gasteiger charge is 2.23. The Morgan fingerprint density at radius 2 is 1.71 bits per heavy atom. The lowest BCUT2D eigenvalue weighted by Gasteiger charge is -2.18. The maximum Gasteiger partial charge on any atom is 0.217 e. The van der Waals surface area contributed by atoms with E-state index in [1.807, 2.05) is 0 Å². The van der Waals surface area contributed by atoms with Crippen LogP contribution in [0, 0.1) is 0 Å². The summed E-state index contributed by atoms with van der Waals surface area (Å²) < 4.78 is 0. The molecule has 2 heteroatoms. The maximum atomic E-state index is 10.7. The lowest BCUT2D eigenvalue weighted by molar-refractivity contribution is 0.287. The third-order valence-electron chi connectivity index (χ3n) is 3.80. The molecule has 0 amide bonds. The predicted octanol–water partition coefficient (Wildman–Crippen LogP) is 3.70. The van der Waals surface area contributed by atoms with Crippen LogP contribution < -0.4 is 0 Å². The monoisotopic (exact) mass is 238 g/mol. The van der Waals surface area contributed by atoms with Gasteiger partial charge in [-0.05, 0) is 32.4 Å². The molecule has 1 radical (unpaired) electrons. The van der Waals surface area contributed by atoms with Gasteiger partial charge in [-0.15, -0.1) is 0 Å². The van der Waals surface area contributed by atoms with Gasteiger partial charge >= 0.3 is 0 Å². The molecule has 1 fully saturated rings. The Morgan fingerprint density at radius 1 is 1.06 bits per heavy atom. The first-order valence-electron chi connectivity index (χ1n) is 7.50. The van der Waals surface area contributed by atoms with E-state index in [1.165, 1.54) is 57.8 Å². The van der Waals surface area contributed by atoms with Crippen molar-refractivity contribution in [3.8, 4) is 0 Å². The molecule has 0 saturated carbocycles. The largest absolute Gasteiger partial charge is 0.293 e. The van der Waals surface area contributed by atoms with Crippen LogP contribution in [-0.2, 0) is 4.79 Å². The second-order valence-electron chi connectivity index (χ2n) is 5.29. The molecule has 0 aromatic carbocycles. The molecule has 1 saturated heterocycles. The van der Waals surface area contributed by atoms with Crippen molar-refractivity contribution in [3.63, 3.8) is 0 Å². The Morgan fingerprint density at radius 3 is 2.35 bits per heavy atom. The topological polar surface area (TPSA) is 20.3 Å². The average molecular weight is 238 g/mol. The Labute approximate surface area is 107 Å². The SMILES string of the molecule is CCCCCCCCCCN1CCC[C@H]1[C]=O. The van der Waals surface area contributed by atoms with Crippen molar-refractivity contribution < 1.29 is 4.79 Å². The fraction of sp³-hybridized carbons (Fsp3) is 0.933. The second kappa shape index (κ2) is 9.64. The van der Waals surface area contributed by atoms with Crippen molar-refractivity contribution in [2.75, 3.05) is 13.1 Å². The Bertz CT molecular complexity index is 193. The van der Waals surface area contributed by atoms with Crippen LogP contribution in [0.3, 0.4) is 0 Å². The van der Waals surface area contributed by atoms with Crippen LogP contribution in [-0.4, -0.2) is 30.3 Å². The number of carbonyl (C=O) groups excluding carboxylic acids is 1. The molecule has 0 aromatic heterocycles. The molecule has 1 aliphatic rings. The van der Waals surface area contributed by atoms with Crippen molar-refractivity contribution in [3.05, 3.63) is 0 Å². The van der Waals surface area contributed by atoms with Crippen molar-refractivity contribution in [1.29, 1.82) is 0 Å². The van der Waals surface area contributed by atoms with Gasteiger partial charge < -0.3 is 0 Å². The van der Waals surface area contributed by atoms with E-state index >= 15 is 0 Å². The van der Waals surface area contributed by atoms with Crippen LogP contribution in [0.1, 0.15) is 71.1 Å². The minimum atomic E-state index is 0.111. The highest BCUT2D eigenvalue weighted by molar-refractivity contribution is 5.58. The zero-order valence-electron chi connectivity index (χ0n) is 11.4. The first-order valence-corrected chi connectivity index (χ1v) is 7.50. The lowest BCUT2D eigenvalue weighted by Crippen LogP contribution is -2.31. The Kier molecular flexibility index (Phi) is 8.33. The van der Waals surface area contributed by atoms with Gasteiger partial charge in [-0.2, -0.15) is 0 Å². The van der Waals surface area contributed by atoms with Gasteiger partial charge in [-0.3, -0.25) is 9.69 Å². The van der Waals surface area contributed by atoms with Gasteiger partial charge in [-0.1, -0.05) is 51.9 Å². The second-order valence-corrected chi connectivity index (χ2v) is 5.29. The van der Waals surface area contributed by atoms with Crippen molar-refractivity contribution >= 4 is 6.29 Å². The quantitative estimate of drug-likeness (QED) is 0.541. The van der Waals surface area contributed by atoms with E-state index in [0.29, 0.717) is 0 Å². The highest BCUT2D eigenvalue weighted by atomic mass is 16.1. The molecule has 0 bridgehead atoms. The van der Waals surface area contributed by atoms with Gasteiger partial charge in [-0.25, -0.2) is 0 Å². The highest BCUT2D eigenvalue weighted by Crippen LogP contribution is 2.16. The Hall–Kier alpha value is -0.370. The standard InChI is InChI=1S/C15H28NO/c1-2-3-4-5-6-7-8-9-12-16-13-10-11-15(16)14-17/h15H,2-13H2,1H3/t15-/m0/s1. The molecular formula is C15H28NO. The predicted molar refractivity (Wildman–Crippen MR) is 72.9 cm³/mol. The molecule has 1 heterocycles. The molecule has 1 rings (SSSR count). The molecule has 1 atom stereocenters. The molecule has 1 aliphatic heterocycles. The summed E-state index contributed by atoms with van der Waals surface area (Å²) in [4.78, 5) is 13.0. The van der Waals surface area contributed by atoms with Gasteiger partial charge in [0.05, 0.1) is 6.04 Å². The van der Waals surface area contributed by atoms with Crippen LogP contribution >= 0.6 is 0 Å². The minimum absolute atomic E-state index is 0.111. The fourth-order valence-corrected chi connectivity index (χ4v) is 2.68. The molecule has 0 unspecified atom stereocenters. The number of rotatable bonds is 10. The van der Waals surface area contributed by atoms with E-state index in [1.54, 1.807) is 0 Å². The summed E-state index contributed by atoms with van der Waals surface area (Å²) in [5, 5.41) is 0. The summed E-state index contributed by atoms with van der Waals surface area (Å²) in [7, 11) is 0. The van der Waals surface area contributed by atoms with Crippen LogP contribution in [0.15, 0.2) is 0 Å². The number of hydrogen-bond acceptors (Lipinski definition) is 2. The summed E-state index contributed by atoms with van der Waals surface area (Å²) in [5.74, 6) is 0. The molecule has 0 spiro atoms. The summed E-state index contributed by atoms with van der Waals surface area (Å²) in [6, 6.07) is 0.111. The molecular weight excluding hydrogens is 210 g/mol. The lowest BCUT2D eigenvalue weighted by atomic mass is 10.1. The first kappa shape index (κ1) is 14.7. The van der Waals surface area contributed by atoms with E-state index in [0.717, 1.165) is 19.5 Å². The summed E-state index contributed by atoms with van der Waals surface area (Å²) in [5.41, 5.74) is 0. The first-order chi connectivity index (χ1) is 8.38. The van der Waals surface area contributed by atoms with E-state index in [2.05, 4.69) is 18.1 Å². The maximum absolute atomic E-state index is 10.7. The van der Waals surface area contributed by atoms with Crippen LogP contribution in [0.4, 0.5) is 0 Å². The van der Waals surface area contributed by atoms with Gasteiger partial charge in [0.15, 0.2) is 0 Å². The molecule has 2 nitrogen and oxygen atoms in total. The van der Waals surface area contributed by atoms with Crippen molar-refractivity contribution in [2.45, 2.75) is 77.2 Å². The van der Waals surface area contributed by atoms with E-state index in [4.69, 9.17) is 0 Å². The third-order valence-corrected chi connectivity index (χ3v) is 3.80.